The summed E-state index contributed by atoms with van der Waals surface area (Å²) in [5, 5.41) is 14.4. The van der Waals surface area contributed by atoms with E-state index in [0.29, 0.717) is 46.1 Å². The van der Waals surface area contributed by atoms with Crippen molar-refractivity contribution in [3.63, 3.8) is 0 Å². The van der Waals surface area contributed by atoms with E-state index in [9.17, 15) is 4.79 Å². The summed E-state index contributed by atoms with van der Waals surface area (Å²) in [6, 6.07) is 9.64. The molecule has 166 valence electrons. The molecule has 0 saturated heterocycles. The van der Waals surface area contributed by atoms with E-state index in [1.807, 2.05) is 30.3 Å². The molecule has 0 aliphatic heterocycles. The van der Waals surface area contributed by atoms with Gasteiger partial charge < -0.3 is 4.74 Å². The molecule has 2 aliphatic rings. The molecule has 0 bridgehead atoms. The molecule has 6 nitrogen and oxygen atoms in total. The summed E-state index contributed by atoms with van der Waals surface area (Å²) in [5.74, 6) is 1.86. The van der Waals surface area contributed by atoms with Gasteiger partial charge in [-0.3, -0.25) is 4.79 Å². The van der Waals surface area contributed by atoms with Crippen molar-refractivity contribution in [1.29, 1.82) is 0 Å². The van der Waals surface area contributed by atoms with Crippen LogP contribution in [0.25, 0.3) is 11.4 Å². The Kier molecular flexibility index (Phi) is 5.68. The molecule has 1 N–H and O–H groups in total. The molecule has 2 aromatic carbocycles. The smallest absolute Gasteiger partial charge is 0.179 e. The van der Waals surface area contributed by atoms with Crippen molar-refractivity contribution in [1.82, 2.24) is 20.6 Å². The summed E-state index contributed by atoms with van der Waals surface area (Å²) in [4.78, 5) is 13.3. The van der Waals surface area contributed by atoms with Gasteiger partial charge in [-0.1, -0.05) is 80.1 Å². The predicted octanol–water partition coefficient (Wildman–Crippen LogP) is 6.08. The summed E-state index contributed by atoms with van der Waals surface area (Å²) in [6.07, 6.45) is 6.57. The Morgan fingerprint density at radius 3 is 2.59 bits per heavy atom. The molecule has 1 heterocycles. The van der Waals surface area contributed by atoms with Crippen LogP contribution in [-0.4, -0.2) is 26.4 Å². The van der Waals surface area contributed by atoms with Crippen molar-refractivity contribution in [2.24, 2.45) is 11.3 Å². The normalized spacial score (nSPS) is 20.7. The number of carbonyl (C=O) groups excluding carboxylic acids is 1. The van der Waals surface area contributed by atoms with Gasteiger partial charge >= 0.3 is 0 Å². The average molecular weight is 471 g/mol. The van der Waals surface area contributed by atoms with E-state index in [4.69, 9.17) is 27.9 Å². The molecule has 5 rings (SSSR count). The number of aromatic nitrogens is 4. The molecule has 2 aliphatic carbocycles. The molecule has 1 aromatic heterocycles. The Bertz CT molecular complexity index is 1140. The highest BCUT2D eigenvalue weighted by Gasteiger charge is 2.45. The van der Waals surface area contributed by atoms with E-state index in [1.165, 1.54) is 25.7 Å². The lowest BCUT2D eigenvalue weighted by atomic mass is 9.77. The quantitative estimate of drug-likeness (QED) is 0.472. The van der Waals surface area contributed by atoms with Crippen LogP contribution >= 0.6 is 23.2 Å². The molecule has 1 fully saturated rings. The van der Waals surface area contributed by atoms with E-state index in [2.05, 4.69) is 27.5 Å². The second kappa shape index (κ2) is 8.49. The number of Topliss-reactive ketones (excluding diaryl/α,β-unsaturated/α-hetero) is 1. The number of benzene rings is 2. The number of ether oxygens (including phenoxy) is 1. The molecule has 0 amide bonds. The first kappa shape index (κ1) is 21.4. The zero-order valence-corrected chi connectivity index (χ0v) is 19.3. The lowest BCUT2D eigenvalue weighted by molar-refractivity contribution is 0.0804. The number of aromatic amines is 1. The van der Waals surface area contributed by atoms with Gasteiger partial charge in [-0.15, -0.1) is 5.10 Å². The summed E-state index contributed by atoms with van der Waals surface area (Å²) in [5.41, 5.74) is 2.96. The SMILES string of the molecule is CC1(CC2CCCC2)Cc2cc(OCc3ccc(-c4nnn[nH]4)cc3)c(Cl)c(Cl)c2C1=O. The minimum absolute atomic E-state index is 0.121. The minimum Gasteiger partial charge on any atom is -0.487 e. The fourth-order valence-electron chi connectivity index (χ4n) is 5.16. The van der Waals surface area contributed by atoms with Crippen LogP contribution in [0.3, 0.4) is 0 Å². The zero-order chi connectivity index (χ0) is 22.3. The van der Waals surface area contributed by atoms with Crippen LogP contribution in [-0.2, 0) is 13.0 Å². The molecular weight excluding hydrogens is 447 g/mol. The molecular formula is C24H24Cl2N4O2. The number of rotatable bonds is 6. The number of nitrogens with one attached hydrogen (secondary N) is 1. The summed E-state index contributed by atoms with van der Waals surface area (Å²) >= 11 is 13.1. The highest BCUT2D eigenvalue weighted by molar-refractivity contribution is 6.45. The van der Waals surface area contributed by atoms with Gasteiger partial charge in [0.15, 0.2) is 11.6 Å². The van der Waals surface area contributed by atoms with Crippen LogP contribution in [0.4, 0.5) is 0 Å². The molecule has 0 spiro atoms. The van der Waals surface area contributed by atoms with Crippen molar-refractivity contribution in [2.45, 2.75) is 52.1 Å². The highest BCUT2D eigenvalue weighted by Crippen LogP contribution is 2.49. The molecule has 1 saturated carbocycles. The van der Waals surface area contributed by atoms with Gasteiger partial charge in [-0.2, -0.15) is 0 Å². The van der Waals surface area contributed by atoms with Crippen LogP contribution < -0.4 is 4.74 Å². The first-order chi connectivity index (χ1) is 15.4. The van der Waals surface area contributed by atoms with Crippen LogP contribution in [0.1, 0.15) is 60.5 Å². The summed E-state index contributed by atoms with van der Waals surface area (Å²) in [6.45, 7) is 2.40. The number of carbonyl (C=O) groups is 1. The zero-order valence-electron chi connectivity index (χ0n) is 17.8. The Morgan fingerprint density at radius 2 is 1.91 bits per heavy atom. The molecule has 0 radical (unpaired) electrons. The maximum Gasteiger partial charge on any atom is 0.179 e. The summed E-state index contributed by atoms with van der Waals surface area (Å²) in [7, 11) is 0. The van der Waals surface area contributed by atoms with Gasteiger partial charge in [0.2, 0.25) is 0 Å². The Hall–Kier alpha value is -2.44. The van der Waals surface area contributed by atoms with Crippen molar-refractivity contribution in [3.05, 3.63) is 57.1 Å². The fraction of sp³-hybridized carbons (Fsp3) is 0.417. The lowest BCUT2D eigenvalue weighted by Gasteiger charge is -2.25. The topological polar surface area (TPSA) is 80.8 Å². The van der Waals surface area contributed by atoms with E-state index < -0.39 is 5.41 Å². The third-order valence-corrected chi connectivity index (χ3v) is 7.64. The number of hydrogen-bond donors (Lipinski definition) is 1. The van der Waals surface area contributed by atoms with Crippen LogP contribution in [0.15, 0.2) is 30.3 Å². The Morgan fingerprint density at radius 1 is 1.16 bits per heavy atom. The fourth-order valence-corrected chi connectivity index (χ4v) is 5.67. The van der Waals surface area contributed by atoms with Gasteiger partial charge in [0.05, 0.1) is 5.02 Å². The molecule has 1 atom stereocenters. The largest absolute Gasteiger partial charge is 0.487 e. The van der Waals surface area contributed by atoms with Crippen LogP contribution in [0.2, 0.25) is 10.0 Å². The third kappa shape index (κ3) is 3.90. The number of halogens is 2. The average Bonchev–Trinajstić information content (AvgIpc) is 3.53. The number of nitrogens with zero attached hydrogens (tertiary/aromatic N) is 3. The number of H-pyrrole nitrogens is 1. The van der Waals surface area contributed by atoms with Crippen molar-refractivity contribution in [3.8, 4) is 17.1 Å². The molecule has 1 unspecified atom stereocenters. The minimum atomic E-state index is -0.408. The standard InChI is InChI=1S/C24H24Cl2N4O2/c1-24(11-14-4-2-3-5-14)12-17-10-18(20(25)21(26)19(17)22(24)31)32-13-15-6-8-16(9-7-15)23-27-29-30-28-23/h6-10,14H,2-5,11-13H2,1H3,(H,27,28,29,30). The van der Waals surface area contributed by atoms with Gasteiger partial charge in [0.25, 0.3) is 0 Å². The van der Waals surface area contributed by atoms with Gasteiger partial charge in [-0.05, 0) is 46.4 Å². The Balaban J connectivity index is 1.33. The molecule has 8 heteroatoms. The second-order valence-corrected chi connectivity index (χ2v) is 9.95. The maximum atomic E-state index is 13.3. The van der Waals surface area contributed by atoms with Crippen LogP contribution in [0.5, 0.6) is 5.75 Å². The third-order valence-electron chi connectivity index (χ3n) is 6.79. The van der Waals surface area contributed by atoms with Gasteiger partial charge in [0.1, 0.15) is 17.4 Å². The number of hydrogen-bond acceptors (Lipinski definition) is 5. The number of fused-ring (bicyclic) bond motifs is 1. The van der Waals surface area contributed by atoms with Gasteiger partial charge in [-0.25, -0.2) is 5.10 Å². The van der Waals surface area contributed by atoms with Gasteiger partial charge in [0, 0.05) is 16.5 Å². The second-order valence-electron chi connectivity index (χ2n) is 9.19. The van der Waals surface area contributed by atoms with E-state index >= 15 is 0 Å². The van der Waals surface area contributed by atoms with Crippen molar-refractivity contribution >= 4 is 29.0 Å². The molecule has 32 heavy (non-hydrogen) atoms. The van der Waals surface area contributed by atoms with E-state index in [-0.39, 0.29) is 5.78 Å². The summed E-state index contributed by atoms with van der Waals surface area (Å²) < 4.78 is 6.02. The van der Waals surface area contributed by atoms with E-state index in [1.54, 1.807) is 0 Å². The lowest BCUT2D eigenvalue weighted by Crippen LogP contribution is -2.26. The Labute approximate surface area is 196 Å². The van der Waals surface area contributed by atoms with Crippen LogP contribution in [0, 0.1) is 11.3 Å². The van der Waals surface area contributed by atoms with Crippen molar-refractivity contribution in [2.75, 3.05) is 0 Å². The van der Waals surface area contributed by atoms with E-state index in [0.717, 1.165) is 23.1 Å². The van der Waals surface area contributed by atoms with Crippen molar-refractivity contribution < 1.29 is 9.53 Å². The monoisotopic (exact) mass is 470 g/mol. The predicted molar refractivity (Wildman–Crippen MR) is 123 cm³/mol. The number of tetrazole rings is 1. The highest BCUT2D eigenvalue weighted by atomic mass is 35.5. The first-order valence-corrected chi connectivity index (χ1v) is 11.7. The first-order valence-electron chi connectivity index (χ1n) is 11.0. The number of ketones is 1. The maximum absolute atomic E-state index is 13.3. The molecule has 3 aromatic rings.